The highest BCUT2D eigenvalue weighted by Gasteiger charge is 2.07. The summed E-state index contributed by atoms with van der Waals surface area (Å²) in [4.78, 5) is 16.7. The molecule has 0 bridgehead atoms. The molecule has 2 aromatic carbocycles. The van der Waals surface area contributed by atoms with Crippen LogP contribution in [0.1, 0.15) is 12.5 Å². The minimum atomic E-state index is -0.255. The molecule has 0 fully saturated rings. The van der Waals surface area contributed by atoms with Gasteiger partial charge in [0.25, 0.3) is 0 Å². The molecule has 0 saturated carbocycles. The number of anilines is 1. The second-order valence-electron chi connectivity index (χ2n) is 5.48. The van der Waals surface area contributed by atoms with Crippen LogP contribution in [-0.2, 0) is 4.79 Å². The number of halogens is 2. The number of aromatic nitrogens is 1. The molecule has 4 nitrogen and oxygen atoms in total. The normalized spacial score (nSPS) is 10.9. The number of hydrogen-bond acceptors (Lipinski definition) is 4. The Hall–Kier alpha value is -2.15. The molecule has 1 heterocycles. The molecule has 0 radical (unpaired) electrons. The Kier molecular flexibility index (Phi) is 6.66. The molecule has 0 aliphatic rings. The van der Waals surface area contributed by atoms with Crippen LogP contribution in [0.15, 0.2) is 58.4 Å². The smallest absolute Gasteiger partial charge is 0.250 e. The fourth-order valence-electron chi connectivity index (χ4n) is 2.33. The number of carbonyl (C=O) groups excluding carboxylic acids is 1. The van der Waals surface area contributed by atoms with Crippen LogP contribution in [0.25, 0.3) is 17.3 Å². The second-order valence-corrected chi connectivity index (χ2v) is 7.69. The molecule has 1 amide bonds. The molecule has 1 aromatic heterocycles. The summed E-state index contributed by atoms with van der Waals surface area (Å²) in [6.07, 6.45) is 3.19. The Balaban J connectivity index is 1.69. The van der Waals surface area contributed by atoms with E-state index in [9.17, 15) is 4.79 Å². The van der Waals surface area contributed by atoms with Gasteiger partial charge in [-0.3, -0.25) is 10.1 Å². The highest BCUT2D eigenvalue weighted by atomic mass is 79.9. The van der Waals surface area contributed by atoms with Gasteiger partial charge >= 0.3 is 0 Å². The average Bonchev–Trinajstić information content (AvgIpc) is 3.11. The van der Waals surface area contributed by atoms with Gasteiger partial charge in [0.05, 0.1) is 12.3 Å². The zero-order valence-corrected chi connectivity index (χ0v) is 17.6. The van der Waals surface area contributed by atoms with Gasteiger partial charge in [-0.15, -0.1) is 11.3 Å². The zero-order valence-electron chi connectivity index (χ0n) is 14.4. The first kappa shape index (κ1) is 19.6. The van der Waals surface area contributed by atoms with E-state index in [0.717, 1.165) is 27.0 Å². The Bertz CT molecular complexity index is 970. The summed E-state index contributed by atoms with van der Waals surface area (Å²) in [7, 11) is 0. The monoisotopic (exact) mass is 462 g/mol. The van der Waals surface area contributed by atoms with Gasteiger partial charge in [0, 0.05) is 32.1 Å². The molecule has 0 spiro atoms. The number of hydrogen-bond donors (Lipinski definition) is 1. The van der Waals surface area contributed by atoms with Crippen LogP contribution in [0, 0.1) is 0 Å². The van der Waals surface area contributed by atoms with E-state index < -0.39 is 0 Å². The molecule has 7 heteroatoms. The maximum absolute atomic E-state index is 12.2. The number of nitrogens with one attached hydrogen (secondary N) is 1. The third kappa shape index (κ3) is 5.42. The van der Waals surface area contributed by atoms with E-state index in [1.54, 1.807) is 6.08 Å². The predicted octanol–water partition coefficient (Wildman–Crippen LogP) is 6.28. The zero-order chi connectivity index (χ0) is 19.2. The van der Waals surface area contributed by atoms with Crippen LogP contribution in [0.3, 0.4) is 0 Å². The number of rotatable bonds is 6. The lowest BCUT2D eigenvalue weighted by Crippen LogP contribution is -2.07. The molecule has 138 valence electrons. The summed E-state index contributed by atoms with van der Waals surface area (Å²) in [5.41, 5.74) is 2.56. The Morgan fingerprint density at radius 1 is 1.30 bits per heavy atom. The quantitative estimate of drug-likeness (QED) is 0.438. The molecule has 0 aliphatic carbocycles. The maximum atomic E-state index is 12.2. The standard InChI is InChI=1S/C20H16BrClN2O2S/c1-2-26-18-9-6-15(21)11-14(18)5-10-19(25)24-20-23-17(12-27-20)13-3-7-16(22)8-4-13/h3-12H,2H2,1H3,(H,23,24,25). The van der Waals surface area contributed by atoms with Crippen molar-refractivity contribution in [2.24, 2.45) is 0 Å². The Morgan fingerprint density at radius 3 is 2.81 bits per heavy atom. The fraction of sp³-hybridized carbons (Fsp3) is 0.100. The molecule has 0 saturated heterocycles. The van der Waals surface area contributed by atoms with Gasteiger partial charge in [0.15, 0.2) is 5.13 Å². The van der Waals surface area contributed by atoms with Crippen molar-refractivity contribution in [3.8, 4) is 17.0 Å². The van der Waals surface area contributed by atoms with Crippen LogP contribution in [0.4, 0.5) is 5.13 Å². The third-order valence-electron chi connectivity index (χ3n) is 3.56. The van der Waals surface area contributed by atoms with Gasteiger partial charge in [-0.2, -0.15) is 0 Å². The van der Waals surface area contributed by atoms with Crippen LogP contribution in [-0.4, -0.2) is 17.5 Å². The predicted molar refractivity (Wildman–Crippen MR) is 116 cm³/mol. The van der Waals surface area contributed by atoms with Gasteiger partial charge in [-0.1, -0.05) is 39.7 Å². The Labute approximate surface area is 175 Å². The van der Waals surface area contributed by atoms with E-state index in [2.05, 4.69) is 26.2 Å². The maximum Gasteiger partial charge on any atom is 0.250 e. The largest absolute Gasteiger partial charge is 0.493 e. The number of thiazole rings is 1. The van der Waals surface area contributed by atoms with Crippen molar-refractivity contribution in [1.82, 2.24) is 4.98 Å². The first-order valence-corrected chi connectivity index (χ1v) is 10.2. The Morgan fingerprint density at radius 2 is 2.07 bits per heavy atom. The van der Waals surface area contributed by atoms with E-state index >= 15 is 0 Å². The number of carbonyl (C=O) groups is 1. The van der Waals surface area contributed by atoms with Crippen molar-refractivity contribution in [2.45, 2.75) is 6.92 Å². The summed E-state index contributed by atoms with van der Waals surface area (Å²) < 4.78 is 6.50. The summed E-state index contributed by atoms with van der Waals surface area (Å²) in [5, 5.41) is 5.88. The van der Waals surface area contributed by atoms with Crippen LogP contribution >= 0.6 is 38.9 Å². The molecule has 27 heavy (non-hydrogen) atoms. The minimum Gasteiger partial charge on any atom is -0.493 e. The lowest BCUT2D eigenvalue weighted by molar-refractivity contribution is -0.111. The number of nitrogens with zero attached hydrogens (tertiary/aromatic N) is 1. The lowest BCUT2D eigenvalue weighted by Gasteiger charge is -2.07. The van der Waals surface area contributed by atoms with Crippen molar-refractivity contribution < 1.29 is 9.53 Å². The van der Waals surface area contributed by atoms with Gasteiger partial charge in [-0.25, -0.2) is 4.98 Å². The number of ether oxygens (including phenoxy) is 1. The van der Waals surface area contributed by atoms with E-state index in [4.69, 9.17) is 16.3 Å². The van der Waals surface area contributed by atoms with E-state index in [1.165, 1.54) is 17.4 Å². The SMILES string of the molecule is CCOc1ccc(Br)cc1C=CC(=O)Nc1nc(-c2ccc(Cl)cc2)cs1. The highest BCUT2D eigenvalue weighted by molar-refractivity contribution is 9.10. The lowest BCUT2D eigenvalue weighted by atomic mass is 10.2. The molecule has 3 aromatic rings. The van der Waals surface area contributed by atoms with Crippen LogP contribution < -0.4 is 10.1 Å². The van der Waals surface area contributed by atoms with Gasteiger partial charge in [0.1, 0.15) is 5.75 Å². The fourth-order valence-corrected chi connectivity index (χ4v) is 3.56. The first-order chi connectivity index (χ1) is 13.0. The number of amides is 1. The molecule has 0 atom stereocenters. The van der Waals surface area contributed by atoms with Gasteiger partial charge in [0.2, 0.25) is 5.91 Å². The van der Waals surface area contributed by atoms with Crippen molar-refractivity contribution in [1.29, 1.82) is 0 Å². The van der Waals surface area contributed by atoms with Gasteiger partial charge < -0.3 is 4.74 Å². The highest BCUT2D eigenvalue weighted by Crippen LogP contribution is 2.27. The van der Waals surface area contributed by atoms with Gasteiger partial charge in [-0.05, 0) is 43.3 Å². The van der Waals surface area contributed by atoms with E-state index in [0.29, 0.717) is 16.8 Å². The summed E-state index contributed by atoms with van der Waals surface area (Å²) in [6, 6.07) is 13.1. The van der Waals surface area contributed by atoms with Crippen molar-refractivity contribution in [3.05, 3.63) is 69.0 Å². The molecule has 3 rings (SSSR count). The van der Waals surface area contributed by atoms with Crippen molar-refractivity contribution >= 4 is 56.0 Å². The summed E-state index contributed by atoms with van der Waals surface area (Å²) in [5.74, 6) is 0.471. The molecule has 0 aliphatic heterocycles. The number of benzene rings is 2. The third-order valence-corrected chi connectivity index (χ3v) is 5.06. The van der Waals surface area contributed by atoms with E-state index in [1.807, 2.05) is 54.8 Å². The topological polar surface area (TPSA) is 51.2 Å². The van der Waals surface area contributed by atoms with Crippen molar-refractivity contribution in [3.63, 3.8) is 0 Å². The van der Waals surface area contributed by atoms with Crippen LogP contribution in [0.5, 0.6) is 5.75 Å². The molecular weight excluding hydrogens is 448 g/mol. The second kappa shape index (κ2) is 9.17. The summed E-state index contributed by atoms with van der Waals surface area (Å²) in [6.45, 7) is 2.48. The average molecular weight is 464 g/mol. The molecular formula is C20H16BrClN2O2S. The van der Waals surface area contributed by atoms with E-state index in [-0.39, 0.29) is 5.91 Å². The molecule has 1 N–H and O–H groups in total. The van der Waals surface area contributed by atoms with Crippen LogP contribution in [0.2, 0.25) is 5.02 Å². The minimum absolute atomic E-state index is 0.255. The van der Waals surface area contributed by atoms with Crippen molar-refractivity contribution in [2.75, 3.05) is 11.9 Å². The summed E-state index contributed by atoms with van der Waals surface area (Å²) >= 11 is 10.7. The first-order valence-electron chi connectivity index (χ1n) is 8.18. The molecule has 0 unspecified atom stereocenters.